The number of hydrogen-bond acceptors (Lipinski definition) is 4. The number of benzene rings is 2. The van der Waals surface area contributed by atoms with Crippen LogP contribution in [0.25, 0.3) is 0 Å². The highest BCUT2D eigenvalue weighted by Crippen LogP contribution is 2.25. The molecular formula is C27H39N3O4S. The van der Waals surface area contributed by atoms with Crippen LogP contribution >= 0.6 is 0 Å². The number of carbonyl (C=O) groups excluding carboxylic acids is 2. The fourth-order valence-electron chi connectivity index (χ4n) is 3.96. The van der Waals surface area contributed by atoms with Gasteiger partial charge in [-0.05, 0) is 70.2 Å². The molecular weight excluding hydrogens is 462 g/mol. The number of hydrogen-bond donors (Lipinski definition) is 1. The van der Waals surface area contributed by atoms with Gasteiger partial charge in [-0.3, -0.25) is 13.9 Å². The Hall–Kier alpha value is -2.87. The molecule has 2 rings (SSSR count). The van der Waals surface area contributed by atoms with Gasteiger partial charge in [0.25, 0.3) is 0 Å². The van der Waals surface area contributed by atoms with Gasteiger partial charge in [-0.25, -0.2) is 8.42 Å². The summed E-state index contributed by atoms with van der Waals surface area (Å²) in [5.74, 6) is -0.365. The Bertz CT molecular complexity index is 1100. The quantitative estimate of drug-likeness (QED) is 0.479. The van der Waals surface area contributed by atoms with Crippen LogP contribution in [0.1, 0.15) is 50.3 Å². The summed E-state index contributed by atoms with van der Waals surface area (Å²) >= 11 is 0. The number of aryl methyl sites for hydroxylation is 1. The lowest BCUT2D eigenvalue weighted by atomic mass is 10.1. The Morgan fingerprint density at radius 3 is 2.20 bits per heavy atom. The van der Waals surface area contributed by atoms with E-state index in [-0.39, 0.29) is 30.8 Å². The molecule has 1 N–H and O–H groups in total. The van der Waals surface area contributed by atoms with E-state index in [9.17, 15) is 18.0 Å². The first-order valence-electron chi connectivity index (χ1n) is 12.1. The van der Waals surface area contributed by atoms with E-state index in [1.807, 2.05) is 70.2 Å². The third-order valence-electron chi connectivity index (χ3n) is 6.08. The molecule has 0 radical (unpaired) electrons. The van der Waals surface area contributed by atoms with Crippen LogP contribution in [-0.4, -0.2) is 56.6 Å². The van der Waals surface area contributed by atoms with E-state index in [0.29, 0.717) is 25.1 Å². The molecule has 2 amide bonds. The summed E-state index contributed by atoms with van der Waals surface area (Å²) in [6.07, 6.45) is 2.30. The predicted octanol–water partition coefficient (Wildman–Crippen LogP) is 3.83. The molecule has 0 saturated carbocycles. The zero-order valence-electron chi connectivity index (χ0n) is 21.7. The minimum atomic E-state index is -3.52. The maximum Gasteiger partial charge on any atom is 0.242 e. The molecule has 0 saturated heterocycles. The van der Waals surface area contributed by atoms with Crippen molar-refractivity contribution in [3.8, 4) is 0 Å². The van der Waals surface area contributed by atoms with Crippen molar-refractivity contribution in [3.05, 3.63) is 65.2 Å². The molecule has 192 valence electrons. The first-order chi connectivity index (χ1) is 16.4. The SMILES string of the molecule is Cc1cccc(N(CCCC(=O)N(CCc2ccccc2)C(C)C(=O)NC(C)C)S(C)(=O)=O)c1C. The van der Waals surface area contributed by atoms with E-state index in [2.05, 4.69) is 5.32 Å². The third-order valence-corrected chi connectivity index (χ3v) is 7.26. The van der Waals surface area contributed by atoms with E-state index in [1.54, 1.807) is 17.9 Å². The van der Waals surface area contributed by atoms with Crippen molar-refractivity contribution >= 4 is 27.5 Å². The topological polar surface area (TPSA) is 86.8 Å². The van der Waals surface area contributed by atoms with Crippen molar-refractivity contribution in [1.29, 1.82) is 0 Å². The molecule has 0 aliphatic rings. The van der Waals surface area contributed by atoms with Gasteiger partial charge in [0.1, 0.15) is 6.04 Å². The molecule has 0 fully saturated rings. The normalized spacial score (nSPS) is 12.3. The fraction of sp³-hybridized carbons (Fsp3) is 0.481. The number of rotatable bonds is 12. The summed E-state index contributed by atoms with van der Waals surface area (Å²) in [6, 6.07) is 14.7. The number of anilines is 1. The minimum absolute atomic E-state index is 0.0306. The summed E-state index contributed by atoms with van der Waals surface area (Å²) in [6.45, 7) is 9.93. The highest BCUT2D eigenvalue weighted by molar-refractivity contribution is 7.92. The van der Waals surface area contributed by atoms with E-state index >= 15 is 0 Å². The second-order valence-corrected chi connectivity index (χ2v) is 11.2. The third kappa shape index (κ3) is 8.38. The van der Waals surface area contributed by atoms with E-state index in [1.165, 1.54) is 10.6 Å². The zero-order chi connectivity index (χ0) is 26.2. The Balaban J connectivity index is 2.14. The van der Waals surface area contributed by atoms with Gasteiger partial charge in [-0.15, -0.1) is 0 Å². The first-order valence-corrected chi connectivity index (χ1v) is 13.9. The standard InChI is InChI=1S/C27H39N3O4S/c1-20(2)28-27(32)23(5)29(19-17-24-13-8-7-9-14-24)26(31)16-11-18-30(35(6,33)34)25-15-10-12-21(3)22(25)4/h7-10,12-15,20,23H,11,16-19H2,1-6H3,(H,28,32). The van der Waals surface area contributed by atoms with Crippen molar-refractivity contribution in [2.75, 3.05) is 23.7 Å². The molecule has 2 aromatic carbocycles. The highest BCUT2D eigenvalue weighted by atomic mass is 32.2. The van der Waals surface area contributed by atoms with Gasteiger partial charge in [-0.1, -0.05) is 42.5 Å². The molecule has 1 unspecified atom stereocenters. The van der Waals surface area contributed by atoms with Crippen molar-refractivity contribution in [1.82, 2.24) is 10.2 Å². The van der Waals surface area contributed by atoms with Crippen molar-refractivity contribution in [2.24, 2.45) is 0 Å². The second kappa shape index (κ2) is 12.7. The van der Waals surface area contributed by atoms with Crippen LogP contribution in [0.15, 0.2) is 48.5 Å². The number of sulfonamides is 1. The molecule has 0 aromatic heterocycles. The van der Waals surface area contributed by atoms with Gasteiger partial charge in [0.15, 0.2) is 0 Å². The molecule has 7 nitrogen and oxygen atoms in total. The Morgan fingerprint density at radius 2 is 1.60 bits per heavy atom. The summed E-state index contributed by atoms with van der Waals surface area (Å²) in [7, 11) is -3.52. The Morgan fingerprint density at radius 1 is 0.943 bits per heavy atom. The summed E-state index contributed by atoms with van der Waals surface area (Å²) < 4.78 is 26.5. The molecule has 1 atom stereocenters. The largest absolute Gasteiger partial charge is 0.352 e. The summed E-state index contributed by atoms with van der Waals surface area (Å²) in [5.41, 5.74) is 3.61. The monoisotopic (exact) mass is 501 g/mol. The van der Waals surface area contributed by atoms with Gasteiger partial charge >= 0.3 is 0 Å². The molecule has 0 spiro atoms. The minimum Gasteiger partial charge on any atom is -0.352 e. The number of amides is 2. The number of nitrogens with zero attached hydrogens (tertiary/aromatic N) is 2. The average Bonchev–Trinajstić information content (AvgIpc) is 2.78. The second-order valence-electron chi connectivity index (χ2n) is 9.32. The van der Waals surface area contributed by atoms with Gasteiger partial charge in [0, 0.05) is 25.6 Å². The molecule has 0 bridgehead atoms. The maximum absolute atomic E-state index is 13.3. The van der Waals surface area contributed by atoms with Crippen LogP contribution in [-0.2, 0) is 26.0 Å². The van der Waals surface area contributed by atoms with Crippen molar-refractivity contribution < 1.29 is 18.0 Å². The van der Waals surface area contributed by atoms with Gasteiger partial charge in [0.2, 0.25) is 21.8 Å². The Labute approximate surface area is 210 Å². The lowest BCUT2D eigenvalue weighted by Crippen LogP contribution is -2.50. The molecule has 0 aliphatic heterocycles. The van der Waals surface area contributed by atoms with Gasteiger partial charge in [0.05, 0.1) is 11.9 Å². The lowest BCUT2D eigenvalue weighted by molar-refractivity contribution is -0.140. The zero-order valence-corrected chi connectivity index (χ0v) is 22.6. The van der Waals surface area contributed by atoms with Crippen molar-refractivity contribution in [3.63, 3.8) is 0 Å². The van der Waals surface area contributed by atoms with Crippen LogP contribution in [0, 0.1) is 13.8 Å². The number of carbonyl (C=O) groups is 2. The van der Waals surface area contributed by atoms with E-state index in [4.69, 9.17) is 0 Å². The smallest absolute Gasteiger partial charge is 0.242 e. The van der Waals surface area contributed by atoms with Crippen molar-refractivity contribution in [2.45, 2.75) is 66.0 Å². The molecule has 8 heteroatoms. The molecule has 0 heterocycles. The Kier molecular flexibility index (Phi) is 10.3. The summed E-state index contributed by atoms with van der Waals surface area (Å²) in [5, 5.41) is 2.88. The fourth-order valence-corrected chi connectivity index (χ4v) is 4.98. The molecule has 2 aromatic rings. The van der Waals surface area contributed by atoms with Crippen LogP contribution in [0.2, 0.25) is 0 Å². The van der Waals surface area contributed by atoms with Gasteiger partial charge < -0.3 is 10.2 Å². The first kappa shape index (κ1) is 28.4. The van der Waals surface area contributed by atoms with Crippen LogP contribution in [0.4, 0.5) is 5.69 Å². The maximum atomic E-state index is 13.3. The van der Waals surface area contributed by atoms with Crippen LogP contribution in [0.5, 0.6) is 0 Å². The van der Waals surface area contributed by atoms with Crippen LogP contribution < -0.4 is 9.62 Å². The molecule has 35 heavy (non-hydrogen) atoms. The lowest BCUT2D eigenvalue weighted by Gasteiger charge is -2.30. The molecule has 0 aliphatic carbocycles. The highest BCUT2D eigenvalue weighted by Gasteiger charge is 2.27. The van der Waals surface area contributed by atoms with E-state index < -0.39 is 16.1 Å². The number of nitrogens with one attached hydrogen (secondary N) is 1. The predicted molar refractivity (Wildman–Crippen MR) is 142 cm³/mol. The summed E-state index contributed by atoms with van der Waals surface area (Å²) in [4.78, 5) is 27.6. The average molecular weight is 502 g/mol. The van der Waals surface area contributed by atoms with Gasteiger partial charge in [-0.2, -0.15) is 0 Å². The van der Waals surface area contributed by atoms with Crippen LogP contribution in [0.3, 0.4) is 0 Å². The van der Waals surface area contributed by atoms with E-state index in [0.717, 1.165) is 16.7 Å².